The van der Waals surface area contributed by atoms with Gasteiger partial charge in [-0.2, -0.15) is 0 Å². The van der Waals surface area contributed by atoms with E-state index in [0.29, 0.717) is 12.5 Å². The summed E-state index contributed by atoms with van der Waals surface area (Å²) in [5.41, 5.74) is 5.66. The van der Waals surface area contributed by atoms with Crippen molar-refractivity contribution in [1.29, 1.82) is 0 Å². The zero-order valence-corrected chi connectivity index (χ0v) is 9.53. The maximum absolute atomic E-state index is 5.66. The van der Waals surface area contributed by atoms with Crippen LogP contribution in [0.3, 0.4) is 0 Å². The molecule has 0 radical (unpaired) electrons. The van der Waals surface area contributed by atoms with Gasteiger partial charge in [-0.1, -0.05) is 6.92 Å². The lowest BCUT2D eigenvalue weighted by molar-refractivity contribution is 0.826. The second-order valence-corrected chi connectivity index (χ2v) is 4.51. The molecule has 4 heteroatoms. The van der Waals surface area contributed by atoms with E-state index in [-0.39, 0.29) is 0 Å². The van der Waals surface area contributed by atoms with Crippen molar-refractivity contribution >= 4 is 17.3 Å². The van der Waals surface area contributed by atoms with Gasteiger partial charge in [-0.15, -0.1) is 11.3 Å². The molecule has 3 nitrogen and oxygen atoms in total. The molecular formula is C10H17N3S. The number of rotatable bonds is 4. The van der Waals surface area contributed by atoms with Crippen molar-refractivity contribution in [2.75, 3.05) is 6.54 Å². The van der Waals surface area contributed by atoms with Crippen LogP contribution < -0.4 is 11.1 Å². The average Bonchev–Trinajstić information content (AvgIpc) is 2.58. The first-order valence-corrected chi connectivity index (χ1v) is 5.63. The standard InChI is InChI=1S/C10H17N3S/c1-3-6-12-10(11)13-7-9-5-4-8(2)14-9/h4-5H,3,6-7H2,1-2H3,(H3,11,12,13). The molecular weight excluding hydrogens is 194 g/mol. The highest BCUT2D eigenvalue weighted by molar-refractivity contribution is 7.11. The molecule has 0 fully saturated rings. The molecule has 78 valence electrons. The molecule has 0 atom stereocenters. The summed E-state index contributed by atoms with van der Waals surface area (Å²) in [6.07, 6.45) is 1.06. The van der Waals surface area contributed by atoms with Crippen molar-refractivity contribution in [1.82, 2.24) is 5.32 Å². The molecule has 0 saturated carbocycles. The third-order valence-corrected chi connectivity index (χ3v) is 2.74. The fourth-order valence-corrected chi connectivity index (χ4v) is 1.86. The Bertz CT molecular complexity index is 304. The first kappa shape index (κ1) is 11.0. The molecule has 0 aliphatic carbocycles. The fraction of sp³-hybridized carbons (Fsp3) is 0.500. The van der Waals surface area contributed by atoms with Gasteiger partial charge in [-0.25, -0.2) is 4.99 Å². The molecule has 0 bridgehead atoms. The van der Waals surface area contributed by atoms with Crippen LogP contribution >= 0.6 is 11.3 Å². The van der Waals surface area contributed by atoms with Crippen LogP contribution in [0.4, 0.5) is 0 Å². The summed E-state index contributed by atoms with van der Waals surface area (Å²) in [6, 6.07) is 4.20. The molecule has 3 N–H and O–H groups in total. The quantitative estimate of drug-likeness (QED) is 0.590. The highest BCUT2D eigenvalue weighted by atomic mass is 32.1. The minimum Gasteiger partial charge on any atom is -0.370 e. The molecule has 1 aromatic rings. The van der Waals surface area contributed by atoms with Crippen molar-refractivity contribution in [3.8, 4) is 0 Å². The van der Waals surface area contributed by atoms with E-state index in [0.717, 1.165) is 13.0 Å². The van der Waals surface area contributed by atoms with Crippen LogP contribution in [-0.4, -0.2) is 12.5 Å². The Hall–Kier alpha value is -1.03. The van der Waals surface area contributed by atoms with Gasteiger partial charge in [0.1, 0.15) is 0 Å². The number of nitrogens with two attached hydrogens (primary N) is 1. The summed E-state index contributed by atoms with van der Waals surface area (Å²) in [6.45, 7) is 5.76. The lowest BCUT2D eigenvalue weighted by Crippen LogP contribution is -2.32. The van der Waals surface area contributed by atoms with Gasteiger partial charge in [0.05, 0.1) is 6.54 Å². The van der Waals surface area contributed by atoms with E-state index < -0.39 is 0 Å². The van der Waals surface area contributed by atoms with E-state index in [2.05, 4.69) is 36.3 Å². The van der Waals surface area contributed by atoms with Gasteiger partial charge in [0, 0.05) is 16.3 Å². The second kappa shape index (κ2) is 5.65. The molecule has 0 aromatic carbocycles. The molecule has 0 unspecified atom stereocenters. The first-order chi connectivity index (χ1) is 6.72. The first-order valence-electron chi connectivity index (χ1n) is 4.81. The highest BCUT2D eigenvalue weighted by Crippen LogP contribution is 2.15. The fourth-order valence-electron chi connectivity index (χ4n) is 1.04. The Morgan fingerprint density at radius 1 is 1.57 bits per heavy atom. The number of hydrogen-bond acceptors (Lipinski definition) is 2. The molecule has 0 saturated heterocycles. The van der Waals surface area contributed by atoms with E-state index >= 15 is 0 Å². The van der Waals surface area contributed by atoms with Crippen molar-refractivity contribution in [3.63, 3.8) is 0 Å². The van der Waals surface area contributed by atoms with E-state index in [4.69, 9.17) is 5.73 Å². The van der Waals surface area contributed by atoms with Gasteiger partial charge in [0.25, 0.3) is 0 Å². The zero-order chi connectivity index (χ0) is 10.4. The molecule has 0 aliphatic rings. The molecule has 0 amide bonds. The monoisotopic (exact) mass is 211 g/mol. The second-order valence-electron chi connectivity index (χ2n) is 3.14. The number of guanidine groups is 1. The van der Waals surface area contributed by atoms with Crippen LogP contribution in [0.5, 0.6) is 0 Å². The maximum Gasteiger partial charge on any atom is 0.188 e. The van der Waals surface area contributed by atoms with Crippen molar-refractivity contribution in [2.45, 2.75) is 26.8 Å². The largest absolute Gasteiger partial charge is 0.370 e. The molecule has 0 spiro atoms. The zero-order valence-electron chi connectivity index (χ0n) is 8.71. The third kappa shape index (κ3) is 3.79. The topological polar surface area (TPSA) is 50.4 Å². The lowest BCUT2D eigenvalue weighted by atomic mass is 10.4. The Balaban J connectivity index is 2.38. The Kier molecular flexibility index (Phi) is 4.46. The van der Waals surface area contributed by atoms with Crippen LogP contribution in [0.25, 0.3) is 0 Å². The molecule has 1 heterocycles. The smallest absolute Gasteiger partial charge is 0.188 e. The molecule has 14 heavy (non-hydrogen) atoms. The van der Waals surface area contributed by atoms with Crippen molar-refractivity contribution in [2.24, 2.45) is 10.7 Å². The number of thiophene rings is 1. The Labute approximate surface area is 89.0 Å². The summed E-state index contributed by atoms with van der Waals surface area (Å²) in [5, 5.41) is 3.04. The summed E-state index contributed by atoms with van der Waals surface area (Å²) in [5.74, 6) is 0.540. The summed E-state index contributed by atoms with van der Waals surface area (Å²) >= 11 is 1.76. The molecule has 0 aliphatic heterocycles. The van der Waals surface area contributed by atoms with Crippen LogP contribution in [-0.2, 0) is 6.54 Å². The number of aliphatic imine (C=N–C) groups is 1. The summed E-state index contributed by atoms with van der Waals surface area (Å²) < 4.78 is 0. The number of nitrogens with zero attached hydrogens (tertiary/aromatic N) is 1. The van der Waals surface area contributed by atoms with Crippen LogP contribution in [0.15, 0.2) is 17.1 Å². The Morgan fingerprint density at radius 2 is 2.36 bits per heavy atom. The van der Waals surface area contributed by atoms with Gasteiger partial charge < -0.3 is 11.1 Å². The van der Waals surface area contributed by atoms with Crippen LogP contribution in [0.1, 0.15) is 23.1 Å². The summed E-state index contributed by atoms with van der Waals surface area (Å²) in [7, 11) is 0. The van der Waals surface area contributed by atoms with Gasteiger partial charge >= 0.3 is 0 Å². The van der Waals surface area contributed by atoms with Gasteiger partial charge in [0.2, 0.25) is 0 Å². The average molecular weight is 211 g/mol. The molecule has 1 aromatic heterocycles. The van der Waals surface area contributed by atoms with E-state index in [1.54, 1.807) is 11.3 Å². The van der Waals surface area contributed by atoms with Gasteiger partial charge in [-0.05, 0) is 25.5 Å². The SMILES string of the molecule is CCCNC(N)=NCc1ccc(C)s1. The van der Waals surface area contributed by atoms with E-state index in [1.165, 1.54) is 9.75 Å². The predicted molar refractivity (Wildman–Crippen MR) is 62.7 cm³/mol. The Morgan fingerprint density at radius 3 is 2.93 bits per heavy atom. The minimum atomic E-state index is 0.540. The van der Waals surface area contributed by atoms with Gasteiger partial charge in [0.15, 0.2) is 5.96 Å². The number of hydrogen-bond donors (Lipinski definition) is 2. The maximum atomic E-state index is 5.66. The minimum absolute atomic E-state index is 0.540. The van der Waals surface area contributed by atoms with Crippen LogP contribution in [0.2, 0.25) is 0 Å². The van der Waals surface area contributed by atoms with E-state index in [1.807, 2.05) is 0 Å². The van der Waals surface area contributed by atoms with Crippen molar-refractivity contribution < 1.29 is 0 Å². The normalized spacial score (nSPS) is 11.7. The van der Waals surface area contributed by atoms with Crippen molar-refractivity contribution in [3.05, 3.63) is 21.9 Å². The van der Waals surface area contributed by atoms with E-state index in [9.17, 15) is 0 Å². The summed E-state index contributed by atoms with van der Waals surface area (Å²) in [4.78, 5) is 6.81. The number of aryl methyl sites for hydroxylation is 1. The highest BCUT2D eigenvalue weighted by Gasteiger charge is 1.95. The lowest BCUT2D eigenvalue weighted by Gasteiger charge is -2.01. The third-order valence-electron chi connectivity index (χ3n) is 1.76. The molecule has 1 rings (SSSR count). The number of nitrogens with one attached hydrogen (secondary N) is 1. The predicted octanol–water partition coefficient (Wildman–Crippen LogP) is 1.87. The van der Waals surface area contributed by atoms with Crippen LogP contribution in [0, 0.1) is 6.92 Å². The van der Waals surface area contributed by atoms with Gasteiger partial charge in [-0.3, -0.25) is 0 Å².